The second-order valence-corrected chi connectivity index (χ2v) is 5.38. The largest absolute Gasteiger partial charge is 0.469 e. The third kappa shape index (κ3) is 4.39. The zero-order chi connectivity index (χ0) is 15.2. The number of morpholine rings is 2. The van der Waals surface area contributed by atoms with Crippen molar-refractivity contribution in [2.24, 2.45) is 0 Å². The second-order valence-electron chi connectivity index (χ2n) is 5.38. The fourth-order valence-corrected chi connectivity index (χ4v) is 2.69. The van der Waals surface area contributed by atoms with E-state index >= 15 is 0 Å². The molecular weight excluding hydrogens is 276 g/mol. The van der Waals surface area contributed by atoms with Crippen molar-refractivity contribution in [1.82, 2.24) is 9.80 Å². The summed E-state index contributed by atoms with van der Waals surface area (Å²) in [6.07, 6.45) is 0.0250. The maximum atomic E-state index is 12.5. The number of amides is 1. The van der Waals surface area contributed by atoms with E-state index < -0.39 is 0 Å². The van der Waals surface area contributed by atoms with Crippen LogP contribution in [0.3, 0.4) is 0 Å². The lowest BCUT2D eigenvalue weighted by atomic mass is 10.1. The Morgan fingerprint density at radius 1 is 1.24 bits per heavy atom. The SMILES string of the molecule is COC(=O)CC1CN(C(C)C(=O)N2CCOCC2)CCO1. The van der Waals surface area contributed by atoms with Gasteiger partial charge in [0.1, 0.15) is 0 Å². The molecule has 1 amide bonds. The van der Waals surface area contributed by atoms with E-state index in [0.29, 0.717) is 46.0 Å². The van der Waals surface area contributed by atoms with Gasteiger partial charge in [-0.3, -0.25) is 14.5 Å². The van der Waals surface area contributed by atoms with Gasteiger partial charge in [-0.25, -0.2) is 0 Å². The molecule has 21 heavy (non-hydrogen) atoms. The molecule has 0 N–H and O–H groups in total. The zero-order valence-electron chi connectivity index (χ0n) is 12.7. The van der Waals surface area contributed by atoms with Crippen LogP contribution in [-0.2, 0) is 23.8 Å². The highest BCUT2D eigenvalue weighted by molar-refractivity contribution is 5.81. The quantitative estimate of drug-likeness (QED) is 0.652. The Kier molecular flexibility index (Phi) is 5.96. The van der Waals surface area contributed by atoms with E-state index in [1.165, 1.54) is 7.11 Å². The third-order valence-corrected chi connectivity index (χ3v) is 4.02. The van der Waals surface area contributed by atoms with Crippen molar-refractivity contribution in [3.8, 4) is 0 Å². The van der Waals surface area contributed by atoms with Gasteiger partial charge in [0.2, 0.25) is 5.91 Å². The number of rotatable bonds is 4. The maximum Gasteiger partial charge on any atom is 0.308 e. The van der Waals surface area contributed by atoms with Crippen LogP contribution in [0.4, 0.5) is 0 Å². The first kappa shape index (κ1) is 16.2. The molecule has 7 heteroatoms. The summed E-state index contributed by atoms with van der Waals surface area (Å²) in [5.41, 5.74) is 0. The van der Waals surface area contributed by atoms with Crippen LogP contribution in [0.25, 0.3) is 0 Å². The lowest BCUT2D eigenvalue weighted by Crippen LogP contribution is -2.55. The van der Waals surface area contributed by atoms with E-state index in [4.69, 9.17) is 9.47 Å². The first-order valence-corrected chi connectivity index (χ1v) is 7.41. The lowest BCUT2D eigenvalue weighted by molar-refractivity contribution is -0.148. The molecule has 0 bridgehead atoms. The van der Waals surface area contributed by atoms with Crippen LogP contribution in [-0.4, -0.2) is 86.9 Å². The summed E-state index contributed by atoms with van der Waals surface area (Å²) >= 11 is 0. The number of carbonyl (C=O) groups excluding carboxylic acids is 2. The van der Waals surface area contributed by atoms with Gasteiger partial charge < -0.3 is 19.1 Å². The van der Waals surface area contributed by atoms with Crippen LogP contribution in [0.5, 0.6) is 0 Å². The first-order valence-electron chi connectivity index (χ1n) is 7.41. The molecule has 2 unspecified atom stereocenters. The van der Waals surface area contributed by atoms with Crippen molar-refractivity contribution in [1.29, 1.82) is 0 Å². The number of nitrogens with zero attached hydrogens (tertiary/aromatic N) is 2. The fraction of sp³-hybridized carbons (Fsp3) is 0.857. The smallest absolute Gasteiger partial charge is 0.308 e. The average molecular weight is 300 g/mol. The van der Waals surface area contributed by atoms with Gasteiger partial charge >= 0.3 is 5.97 Å². The standard InChI is InChI=1S/C14H24N2O5/c1-11(14(18)15-3-6-20-7-4-15)16-5-8-21-12(10-16)9-13(17)19-2/h11-12H,3-10H2,1-2H3. The molecule has 2 atom stereocenters. The topological polar surface area (TPSA) is 68.3 Å². The van der Waals surface area contributed by atoms with Crippen molar-refractivity contribution >= 4 is 11.9 Å². The number of ether oxygens (including phenoxy) is 3. The predicted octanol–water partition coefficient (Wildman–Crippen LogP) is -0.502. The summed E-state index contributed by atoms with van der Waals surface area (Å²) in [6.45, 7) is 6.24. The Bertz CT molecular complexity index is 370. The predicted molar refractivity (Wildman–Crippen MR) is 74.8 cm³/mol. The molecule has 2 aliphatic heterocycles. The van der Waals surface area contributed by atoms with Crippen LogP contribution in [0.15, 0.2) is 0 Å². The fourth-order valence-electron chi connectivity index (χ4n) is 2.69. The van der Waals surface area contributed by atoms with Gasteiger partial charge in [0.05, 0.1) is 45.5 Å². The monoisotopic (exact) mass is 300 g/mol. The van der Waals surface area contributed by atoms with Gasteiger partial charge in [-0.15, -0.1) is 0 Å². The highest BCUT2D eigenvalue weighted by Crippen LogP contribution is 2.14. The molecule has 2 saturated heterocycles. The van der Waals surface area contributed by atoms with Gasteiger partial charge in [-0.1, -0.05) is 0 Å². The summed E-state index contributed by atoms with van der Waals surface area (Å²) in [4.78, 5) is 27.7. The Morgan fingerprint density at radius 2 is 1.95 bits per heavy atom. The summed E-state index contributed by atoms with van der Waals surface area (Å²) in [6, 6.07) is -0.202. The van der Waals surface area contributed by atoms with Gasteiger partial charge in [0.15, 0.2) is 0 Å². The Hall–Kier alpha value is -1.18. The number of hydrogen-bond acceptors (Lipinski definition) is 6. The van der Waals surface area contributed by atoms with E-state index in [9.17, 15) is 9.59 Å². The summed E-state index contributed by atoms with van der Waals surface area (Å²) in [5.74, 6) is -0.161. The molecule has 0 aromatic carbocycles. The summed E-state index contributed by atoms with van der Waals surface area (Å²) in [7, 11) is 1.37. The maximum absolute atomic E-state index is 12.5. The van der Waals surface area contributed by atoms with E-state index in [1.54, 1.807) is 0 Å². The van der Waals surface area contributed by atoms with Crippen molar-refractivity contribution in [3.05, 3.63) is 0 Å². The van der Waals surface area contributed by atoms with Gasteiger partial charge in [0, 0.05) is 26.2 Å². The van der Waals surface area contributed by atoms with E-state index in [-0.39, 0.29) is 30.4 Å². The second kappa shape index (κ2) is 7.72. The molecule has 0 aromatic heterocycles. The molecule has 0 spiro atoms. The molecule has 0 saturated carbocycles. The van der Waals surface area contributed by atoms with Crippen LogP contribution < -0.4 is 0 Å². The minimum absolute atomic E-state index is 0.122. The van der Waals surface area contributed by atoms with Crippen molar-refractivity contribution in [3.63, 3.8) is 0 Å². The number of carbonyl (C=O) groups is 2. The molecule has 2 rings (SSSR count). The molecular formula is C14H24N2O5. The van der Waals surface area contributed by atoms with Crippen LogP contribution in [0, 0.1) is 0 Å². The van der Waals surface area contributed by atoms with Crippen molar-refractivity contribution in [2.75, 3.05) is 53.1 Å². The van der Waals surface area contributed by atoms with E-state index in [2.05, 4.69) is 9.64 Å². The number of methoxy groups -OCH3 is 1. The van der Waals surface area contributed by atoms with Gasteiger partial charge in [0.25, 0.3) is 0 Å². The van der Waals surface area contributed by atoms with E-state index in [0.717, 1.165) is 0 Å². The molecule has 2 fully saturated rings. The Labute approximate surface area is 125 Å². The van der Waals surface area contributed by atoms with Gasteiger partial charge in [-0.05, 0) is 6.92 Å². The summed E-state index contributed by atoms with van der Waals surface area (Å²) < 4.78 is 15.5. The normalized spacial score (nSPS) is 25.4. The lowest BCUT2D eigenvalue weighted by Gasteiger charge is -2.38. The molecule has 120 valence electrons. The third-order valence-electron chi connectivity index (χ3n) is 4.02. The number of esters is 1. The van der Waals surface area contributed by atoms with Crippen molar-refractivity contribution in [2.45, 2.75) is 25.5 Å². The molecule has 2 heterocycles. The Balaban J connectivity index is 1.87. The Morgan fingerprint density at radius 3 is 2.62 bits per heavy atom. The molecule has 2 aliphatic rings. The molecule has 0 aliphatic carbocycles. The molecule has 0 aromatic rings. The minimum Gasteiger partial charge on any atom is -0.469 e. The highest BCUT2D eigenvalue weighted by Gasteiger charge is 2.31. The first-order chi connectivity index (χ1) is 10.1. The summed E-state index contributed by atoms with van der Waals surface area (Å²) in [5, 5.41) is 0. The van der Waals surface area contributed by atoms with Crippen LogP contribution >= 0.6 is 0 Å². The van der Waals surface area contributed by atoms with Crippen LogP contribution in [0.2, 0.25) is 0 Å². The average Bonchev–Trinajstić information content (AvgIpc) is 2.54. The molecule has 0 radical (unpaired) electrons. The van der Waals surface area contributed by atoms with Crippen molar-refractivity contribution < 1.29 is 23.8 Å². The van der Waals surface area contributed by atoms with Gasteiger partial charge in [-0.2, -0.15) is 0 Å². The van der Waals surface area contributed by atoms with Crippen LogP contribution in [0.1, 0.15) is 13.3 Å². The zero-order valence-corrected chi connectivity index (χ0v) is 12.7. The molecule has 7 nitrogen and oxygen atoms in total. The highest BCUT2D eigenvalue weighted by atomic mass is 16.5. The minimum atomic E-state index is -0.283. The van der Waals surface area contributed by atoms with E-state index in [1.807, 2.05) is 11.8 Å². The number of hydrogen-bond donors (Lipinski definition) is 0.